The average Bonchev–Trinajstić information content (AvgIpc) is 3.07. The molecular weight excluding hydrogens is 354 g/mol. The number of nitrogens with one attached hydrogen (secondary N) is 1. The molecule has 0 saturated carbocycles. The Morgan fingerprint density at radius 3 is 2.82 bits per heavy atom. The van der Waals surface area contributed by atoms with E-state index < -0.39 is 0 Å². The number of carbonyl (C=O) groups excluding carboxylic acids is 1. The molecule has 0 radical (unpaired) electrons. The van der Waals surface area contributed by atoms with Gasteiger partial charge in [-0.15, -0.1) is 0 Å². The molecule has 1 N–H and O–H groups in total. The molecule has 4 rings (SSSR count). The van der Waals surface area contributed by atoms with Crippen LogP contribution in [0.3, 0.4) is 0 Å². The van der Waals surface area contributed by atoms with Gasteiger partial charge in [-0.3, -0.25) is 9.97 Å². The van der Waals surface area contributed by atoms with Crippen LogP contribution in [0.5, 0.6) is 0 Å². The van der Waals surface area contributed by atoms with E-state index in [9.17, 15) is 4.79 Å². The molecule has 7 nitrogen and oxygen atoms in total. The van der Waals surface area contributed by atoms with Crippen LogP contribution in [-0.4, -0.2) is 39.1 Å². The summed E-state index contributed by atoms with van der Waals surface area (Å²) in [4.78, 5) is 23.1. The van der Waals surface area contributed by atoms with E-state index in [4.69, 9.17) is 4.52 Å². The fraction of sp³-hybridized carbons (Fsp3) is 0.333. The molecule has 0 aliphatic carbocycles. The zero-order chi connectivity index (χ0) is 19.5. The second-order valence-corrected chi connectivity index (χ2v) is 7.13. The lowest BCUT2D eigenvalue weighted by atomic mass is 9.93. The highest BCUT2D eigenvalue weighted by atomic mass is 16.5. The van der Waals surface area contributed by atoms with Crippen LogP contribution in [0.15, 0.2) is 47.4 Å². The fourth-order valence-electron chi connectivity index (χ4n) is 3.73. The quantitative estimate of drug-likeness (QED) is 0.741. The first-order chi connectivity index (χ1) is 13.6. The second-order valence-electron chi connectivity index (χ2n) is 7.13. The van der Waals surface area contributed by atoms with E-state index in [0.29, 0.717) is 12.2 Å². The third kappa shape index (κ3) is 3.74. The number of amides is 2. The van der Waals surface area contributed by atoms with Gasteiger partial charge in [0.05, 0.1) is 17.6 Å². The summed E-state index contributed by atoms with van der Waals surface area (Å²) in [7, 11) is 0. The Morgan fingerprint density at radius 1 is 1.25 bits per heavy atom. The van der Waals surface area contributed by atoms with Crippen LogP contribution in [0.2, 0.25) is 0 Å². The fourth-order valence-corrected chi connectivity index (χ4v) is 3.73. The van der Waals surface area contributed by atoms with Crippen molar-refractivity contribution >= 4 is 11.7 Å². The number of hydrogen-bond donors (Lipinski definition) is 1. The molecule has 1 saturated heterocycles. The number of aromatic nitrogens is 3. The number of nitrogens with zero attached hydrogens (tertiary/aromatic N) is 4. The Hall–Kier alpha value is -3.22. The molecule has 2 amide bonds. The van der Waals surface area contributed by atoms with Gasteiger partial charge in [0.1, 0.15) is 5.76 Å². The Bertz CT molecular complexity index is 933. The van der Waals surface area contributed by atoms with E-state index in [1.807, 2.05) is 31.0 Å². The van der Waals surface area contributed by atoms with Crippen molar-refractivity contribution in [2.24, 2.45) is 0 Å². The minimum atomic E-state index is -0.0926. The summed E-state index contributed by atoms with van der Waals surface area (Å²) in [6, 6.07) is 7.66. The van der Waals surface area contributed by atoms with Crippen molar-refractivity contribution in [2.75, 3.05) is 18.4 Å². The molecule has 0 spiro atoms. The summed E-state index contributed by atoms with van der Waals surface area (Å²) in [5, 5.41) is 6.92. The maximum atomic E-state index is 12.6. The number of hydrogen-bond acceptors (Lipinski definition) is 5. The summed E-state index contributed by atoms with van der Waals surface area (Å²) in [5.74, 6) is 1.02. The van der Waals surface area contributed by atoms with Crippen LogP contribution in [-0.2, 0) is 0 Å². The van der Waals surface area contributed by atoms with E-state index in [2.05, 4.69) is 32.6 Å². The largest absolute Gasteiger partial charge is 0.361 e. The molecule has 3 aromatic rings. The van der Waals surface area contributed by atoms with Gasteiger partial charge in [-0.25, -0.2) is 4.79 Å². The monoisotopic (exact) mass is 377 g/mol. The SMILES string of the molecule is Cc1noc(C)c1-c1ccc([C@@H]2CCCN(C(=O)Nc3cccnc3)C2)nc1. The van der Waals surface area contributed by atoms with Crippen molar-refractivity contribution < 1.29 is 9.32 Å². The maximum absolute atomic E-state index is 12.6. The van der Waals surface area contributed by atoms with E-state index >= 15 is 0 Å². The van der Waals surface area contributed by atoms with Crippen LogP contribution < -0.4 is 5.32 Å². The number of carbonyl (C=O) groups is 1. The molecular formula is C21H23N5O2. The summed E-state index contributed by atoms with van der Waals surface area (Å²) >= 11 is 0. The van der Waals surface area contributed by atoms with Gasteiger partial charge in [0.2, 0.25) is 0 Å². The van der Waals surface area contributed by atoms with Crippen LogP contribution in [0.4, 0.5) is 10.5 Å². The zero-order valence-corrected chi connectivity index (χ0v) is 16.1. The van der Waals surface area contributed by atoms with Crippen LogP contribution in [0.25, 0.3) is 11.1 Å². The number of rotatable bonds is 3. The highest BCUT2D eigenvalue weighted by Gasteiger charge is 2.26. The number of likely N-dealkylation sites (tertiary alicyclic amines) is 1. The van der Waals surface area contributed by atoms with Gasteiger partial charge >= 0.3 is 6.03 Å². The lowest BCUT2D eigenvalue weighted by Gasteiger charge is -2.32. The second kappa shape index (κ2) is 7.80. The third-order valence-electron chi connectivity index (χ3n) is 5.15. The van der Waals surface area contributed by atoms with Gasteiger partial charge in [-0.1, -0.05) is 11.2 Å². The molecule has 1 aliphatic heterocycles. The Morgan fingerprint density at radius 2 is 2.14 bits per heavy atom. The Kier molecular flexibility index (Phi) is 5.06. The predicted molar refractivity (Wildman–Crippen MR) is 106 cm³/mol. The zero-order valence-electron chi connectivity index (χ0n) is 16.1. The molecule has 4 heterocycles. The molecule has 0 unspecified atom stereocenters. The number of aryl methyl sites for hydroxylation is 2. The van der Waals surface area contributed by atoms with Gasteiger partial charge in [-0.05, 0) is 44.9 Å². The lowest BCUT2D eigenvalue weighted by Crippen LogP contribution is -2.41. The molecule has 7 heteroatoms. The molecule has 1 fully saturated rings. The van der Waals surface area contributed by atoms with Crippen molar-refractivity contribution in [3.8, 4) is 11.1 Å². The van der Waals surface area contributed by atoms with E-state index in [-0.39, 0.29) is 11.9 Å². The van der Waals surface area contributed by atoms with Crippen molar-refractivity contribution in [3.05, 3.63) is 60.0 Å². The summed E-state index contributed by atoms with van der Waals surface area (Å²) < 4.78 is 5.25. The van der Waals surface area contributed by atoms with Crippen LogP contribution >= 0.6 is 0 Å². The average molecular weight is 377 g/mol. The van der Waals surface area contributed by atoms with Gasteiger partial charge < -0.3 is 14.7 Å². The van der Waals surface area contributed by atoms with E-state index in [1.54, 1.807) is 18.5 Å². The van der Waals surface area contributed by atoms with Crippen LogP contribution in [0.1, 0.15) is 35.9 Å². The van der Waals surface area contributed by atoms with Crippen molar-refractivity contribution in [3.63, 3.8) is 0 Å². The Labute approximate surface area is 163 Å². The molecule has 0 bridgehead atoms. The molecule has 1 aliphatic rings. The van der Waals surface area contributed by atoms with Crippen molar-refractivity contribution in [2.45, 2.75) is 32.6 Å². The first-order valence-electron chi connectivity index (χ1n) is 9.47. The summed E-state index contributed by atoms with van der Waals surface area (Å²) in [6.45, 7) is 5.24. The first-order valence-corrected chi connectivity index (χ1v) is 9.47. The topological polar surface area (TPSA) is 84.2 Å². The minimum absolute atomic E-state index is 0.0926. The first kappa shape index (κ1) is 18.2. The highest BCUT2D eigenvalue weighted by Crippen LogP contribution is 2.30. The molecule has 144 valence electrons. The lowest BCUT2D eigenvalue weighted by molar-refractivity contribution is 0.192. The van der Waals surface area contributed by atoms with E-state index in [1.165, 1.54) is 0 Å². The van der Waals surface area contributed by atoms with Gasteiger partial charge in [0.25, 0.3) is 0 Å². The number of piperidine rings is 1. The molecule has 1 atom stereocenters. The van der Waals surface area contributed by atoms with Gasteiger partial charge in [0, 0.05) is 48.2 Å². The minimum Gasteiger partial charge on any atom is -0.361 e. The molecule has 28 heavy (non-hydrogen) atoms. The molecule has 3 aromatic heterocycles. The van der Waals surface area contributed by atoms with Gasteiger partial charge in [-0.2, -0.15) is 0 Å². The Balaban J connectivity index is 1.45. The smallest absolute Gasteiger partial charge is 0.321 e. The standard InChI is InChI=1S/C21H23N5O2/c1-14-20(15(2)28-25-14)16-7-8-19(23-11-16)17-5-4-10-26(13-17)21(27)24-18-6-3-9-22-12-18/h3,6-9,11-12,17H,4-5,10,13H2,1-2H3,(H,24,27)/t17-/m1/s1. The highest BCUT2D eigenvalue weighted by molar-refractivity contribution is 5.89. The van der Waals surface area contributed by atoms with Crippen LogP contribution in [0, 0.1) is 13.8 Å². The predicted octanol–water partition coefficient (Wildman–Crippen LogP) is 4.16. The van der Waals surface area contributed by atoms with Crippen molar-refractivity contribution in [1.82, 2.24) is 20.0 Å². The number of urea groups is 1. The third-order valence-corrected chi connectivity index (χ3v) is 5.15. The number of anilines is 1. The molecule has 0 aromatic carbocycles. The number of pyridine rings is 2. The summed E-state index contributed by atoms with van der Waals surface area (Å²) in [6.07, 6.45) is 7.18. The normalized spacial score (nSPS) is 16.8. The van der Waals surface area contributed by atoms with E-state index in [0.717, 1.165) is 47.7 Å². The van der Waals surface area contributed by atoms with Gasteiger partial charge in [0.15, 0.2) is 0 Å². The maximum Gasteiger partial charge on any atom is 0.321 e. The summed E-state index contributed by atoms with van der Waals surface area (Å²) in [5.41, 5.74) is 4.58. The van der Waals surface area contributed by atoms with Crippen molar-refractivity contribution in [1.29, 1.82) is 0 Å².